The topological polar surface area (TPSA) is 33.7 Å². The molecule has 1 unspecified atom stereocenters. The Balaban J connectivity index is 1.98. The van der Waals surface area contributed by atoms with Crippen LogP contribution >= 0.6 is 0 Å². The standard InChI is InChI=1S/C16H26N2O2/c1-3-17-16(13-18-9-11-19-12-10-18)14-5-7-15(8-6-14)20-4-2/h5-8,16-17H,3-4,9-13H2,1-2H3. The van der Waals surface area contributed by atoms with Crippen molar-refractivity contribution in [2.24, 2.45) is 0 Å². The molecule has 0 amide bonds. The van der Waals surface area contributed by atoms with Crippen molar-refractivity contribution in [1.82, 2.24) is 10.2 Å². The molecule has 0 spiro atoms. The molecule has 112 valence electrons. The van der Waals surface area contributed by atoms with E-state index in [2.05, 4.69) is 41.4 Å². The Bertz CT molecular complexity index is 375. The van der Waals surface area contributed by atoms with E-state index in [0.717, 1.165) is 45.1 Å². The summed E-state index contributed by atoms with van der Waals surface area (Å²) in [7, 11) is 0. The third-order valence-corrected chi connectivity index (χ3v) is 3.59. The molecule has 0 aliphatic carbocycles. The monoisotopic (exact) mass is 278 g/mol. The van der Waals surface area contributed by atoms with Gasteiger partial charge in [-0.1, -0.05) is 19.1 Å². The quantitative estimate of drug-likeness (QED) is 0.828. The van der Waals surface area contributed by atoms with Crippen LogP contribution in [0.25, 0.3) is 0 Å². The summed E-state index contributed by atoms with van der Waals surface area (Å²) in [6.07, 6.45) is 0. The van der Waals surface area contributed by atoms with Crippen molar-refractivity contribution < 1.29 is 9.47 Å². The van der Waals surface area contributed by atoms with Crippen LogP contribution in [0.15, 0.2) is 24.3 Å². The maximum Gasteiger partial charge on any atom is 0.119 e. The molecule has 0 aromatic heterocycles. The van der Waals surface area contributed by atoms with E-state index >= 15 is 0 Å². The first-order valence-electron chi connectivity index (χ1n) is 7.59. The molecule has 0 bridgehead atoms. The van der Waals surface area contributed by atoms with E-state index < -0.39 is 0 Å². The van der Waals surface area contributed by atoms with Crippen LogP contribution in [-0.2, 0) is 4.74 Å². The zero-order chi connectivity index (χ0) is 14.2. The third-order valence-electron chi connectivity index (χ3n) is 3.59. The van der Waals surface area contributed by atoms with Gasteiger partial charge in [0.15, 0.2) is 0 Å². The maximum atomic E-state index is 5.50. The van der Waals surface area contributed by atoms with Gasteiger partial charge in [0, 0.05) is 25.7 Å². The number of rotatable bonds is 7. The van der Waals surface area contributed by atoms with E-state index in [4.69, 9.17) is 9.47 Å². The summed E-state index contributed by atoms with van der Waals surface area (Å²) in [5.74, 6) is 0.942. The highest BCUT2D eigenvalue weighted by atomic mass is 16.5. The fourth-order valence-electron chi connectivity index (χ4n) is 2.54. The van der Waals surface area contributed by atoms with E-state index in [1.54, 1.807) is 0 Å². The average Bonchev–Trinajstić information content (AvgIpc) is 2.49. The van der Waals surface area contributed by atoms with Crippen LogP contribution in [-0.4, -0.2) is 50.9 Å². The highest BCUT2D eigenvalue weighted by Gasteiger charge is 2.17. The third kappa shape index (κ3) is 4.47. The molecule has 0 radical (unpaired) electrons. The van der Waals surface area contributed by atoms with Crippen LogP contribution < -0.4 is 10.1 Å². The van der Waals surface area contributed by atoms with Crippen molar-refractivity contribution in [3.63, 3.8) is 0 Å². The van der Waals surface area contributed by atoms with Gasteiger partial charge in [-0.25, -0.2) is 0 Å². The van der Waals surface area contributed by atoms with Crippen molar-refractivity contribution in [3.05, 3.63) is 29.8 Å². The largest absolute Gasteiger partial charge is 0.494 e. The van der Waals surface area contributed by atoms with Gasteiger partial charge in [-0.3, -0.25) is 4.90 Å². The zero-order valence-corrected chi connectivity index (χ0v) is 12.6. The van der Waals surface area contributed by atoms with Crippen molar-refractivity contribution in [2.45, 2.75) is 19.9 Å². The Morgan fingerprint density at radius 3 is 2.50 bits per heavy atom. The Labute approximate surface area is 122 Å². The van der Waals surface area contributed by atoms with Gasteiger partial charge >= 0.3 is 0 Å². The molecular formula is C16H26N2O2. The lowest BCUT2D eigenvalue weighted by molar-refractivity contribution is 0.0335. The lowest BCUT2D eigenvalue weighted by Crippen LogP contribution is -2.41. The van der Waals surface area contributed by atoms with Gasteiger partial charge in [-0.05, 0) is 31.2 Å². The van der Waals surface area contributed by atoms with Gasteiger partial charge < -0.3 is 14.8 Å². The van der Waals surface area contributed by atoms with Crippen LogP contribution in [0.1, 0.15) is 25.5 Å². The molecule has 1 aromatic rings. The second kappa shape index (κ2) is 8.25. The second-order valence-electron chi connectivity index (χ2n) is 5.03. The predicted octanol–water partition coefficient (Wildman–Crippen LogP) is 2.07. The summed E-state index contributed by atoms with van der Waals surface area (Å²) in [6.45, 7) is 10.6. The average molecular weight is 278 g/mol. The van der Waals surface area contributed by atoms with Crippen LogP contribution in [0, 0.1) is 0 Å². The van der Waals surface area contributed by atoms with Gasteiger partial charge in [0.25, 0.3) is 0 Å². The molecule has 2 rings (SSSR count). The number of likely N-dealkylation sites (N-methyl/N-ethyl adjacent to an activating group) is 1. The van der Waals surface area contributed by atoms with E-state index in [0.29, 0.717) is 12.6 Å². The Hall–Kier alpha value is -1.10. The van der Waals surface area contributed by atoms with Crippen LogP contribution in [0.3, 0.4) is 0 Å². The van der Waals surface area contributed by atoms with Gasteiger partial charge in [0.2, 0.25) is 0 Å². The van der Waals surface area contributed by atoms with Crippen LogP contribution in [0.5, 0.6) is 5.75 Å². The fraction of sp³-hybridized carbons (Fsp3) is 0.625. The number of nitrogens with zero attached hydrogens (tertiary/aromatic N) is 1. The predicted molar refractivity (Wildman–Crippen MR) is 81.3 cm³/mol. The molecule has 1 N–H and O–H groups in total. The smallest absolute Gasteiger partial charge is 0.119 e. The van der Waals surface area contributed by atoms with E-state index in [-0.39, 0.29) is 0 Å². The minimum atomic E-state index is 0.369. The van der Waals surface area contributed by atoms with Crippen LogP contribution in [0.2, 0.25) is 0 Å². The zero-order valence-electron chi connectivity index (χ0n) is 12.6. The Morgan fingerprint density at radius 2 is 1.90 bits per heavy atom. The van der Waals surface area contributed by atoms with Crippen molar-refractivity contribution >= 4 is 0 Å². The van der Waals surface area contributed by atoms with Crippen molar-refractivity contribution in [3.8, 4) is 5.75 Å². The first-order chi connectivity index (χ1) is 9.83. The molecule has 1 aliphatic heterocycles. The van der Waals surface area contributed by atoms with Gasteiger partial charge in [-0.2, -0.15) is 0 Å². The summed E-state index contributed by atoms with van der Waals surface area (Å²) in [4.78, 5) is 2.47. The molecule has 4 nitrogen and oxygen atoms in total. The maximum absolute atomic E-state index is 5.50. The SMILES string of the molecule is CCNC(CN1CCOCC1)c1ccc(OCC)cc1. The van der Waals surface area contributed by atoms with Gasteiger partial charge in [-0.15, -0.1) is 0 Å². The Morgan fingerprint density at radius 1 is 1.20 bits per heavy atom. The first kappa shape index (κ1) is 15.3. The number of hydrogen-bond donors (Lipinski definition) is 1. The highest BCUT2D eigenvalue weighted by molar-refractivity contribution is 5.29. The number of hydrogen-bond acceptors (Lipinski definition) is 4. The van der Waals surface area contributed by atoms with E-state index in [9.17, 15) is 0 Å². The molecule has 0 saturated carbocycles. The molecule has 1 fully saturated rings. The van der Waals surface area contributed by atoms with Gasteiger partial charge in [0.05, 0.1) is 19.8 Å². The molecule has 4 heteroatoms. The molecule has 1 saturated heterocycles. The van der Waals surface area contributed by atoms with E-state index in [1.807, 2.05) is 6.92 Å². The number of ether oxygens (including phenoxy) is 2. The molecular weight excluding hydrogens is 252 g/mol. The fourth-order valence-corrected chi connectivity index (χ4v) is 2.54. The normalized spacial score (nSPS) is 17.9. The van der Waals surface area contributed by atoms with Crippen LogP contribution in [0.4, 0.5) is 0 Å². The minimum Gasteiger partial charge on any atom is -0.494 e. The molecule has 1 aliphatic rings. The molecule has 1 atom stereocenters. The number of benzene rings is 1. The lowest BCUT2D eigenvalue weighted by atomic mass is 10.1. The molecule has 1 aromatic carbocycles. The lowest BCUT2D eigenvalue weighted by Gasteiger charge is -2.31. The summed E-state index contributed by atoms with van der Waals surface area (Å²) in [5.41, 5.74) is 1.32. The van der Waals surface area contributed by atoms with Gasteiger partial charge in [0.1, 0.15) is 5.75 Å². The number of nitrogens with one attached hydrogen (secondary N) is 1. The van der Waals surface area contributed by atoms with Crippen molar-refractivity contribution in [2.75, 3.05) is 46.0 Å². The summed E-state index contributed by atoms with van der Waals surface area (Å²) >= 11 is 0. The minimum absolute atomic E-state index is 0.369. The first-order valence-corrected chi connectivity index (χ1v) is 7.59. The Kier molecular flexibility index (Phi) is 6.30. The molecule has 1 heterocycles. The number of morpholine rings is 1. The summed E-state index contributed by atoms with van der Waals surface area (Å²) in [5, 5.41) is 3.57. The summed E-state index contributed by atoms with van der Waals surface area (Å²) in [6, 6.07) is 8.82. The summed E-state index contributed by atoms with van der Waals surface area (Å²) < 4.78 is 10.9. The second-order valence-corrected chi connectivity index (χ2v) is 5.03. The van der Waals surface area contributed by atoms with Crippen molar-refractivity contribution in [1.29, 1.82) is 0 Å². The molecule has 20 heavy (non-hydrogen) atoms. The van der Waals surface area contributed by atoms with E-state index in [1.165, 1.54) is 5.56 Å². The highest BCUT2D eigenvalue weighted by Crippen LogP contribution is 2.19.